The van der Waals surface area contributed by atoms with Gasteiger partial charge in [-0.05, 0) is 109 Å². The standard InChI is InChI=1S/C76H136O6/c1-4-7-10-13-16-19-22-25-27-29-31-32-33-34-35-36-37-38-39-40-41-42-43-44-46-47-49-51-54-57-60-63-66-69-75(78)81-72-73(71-80-74(77)68-65-62-59-56-53-24-21-18-15-12-9-6-3)82-76(79)70-67-64-61-58-55-52-50-48-45-30-28-26-23-20-17-14-11-8-5-2/h8,11,17-18,20-21,26,28-29,31,45,48,73H,4-7,9-10,12-16,19,22-25,27,30,32-44,46-47,49-72H2,1-3H3/b11-8-,20-17-,21-18-,28-26-,31-29-,48-45-. The molecule has 0 N–H and O–H groups in total. The van der Waals surface area contributed by atoms with Crippen LogP contribution >= 0.6 is 0 Å². The molecule has 1 atom stereocenters. The van der Waals surface area contributed by atoms with Crippen molar-refractivity contribution < 1.29 is 28.6 Å². The molecular weight excluding hydrogens is 1010 g/mol. The van der Waals surface area contributed by atoms with Crippen molar-refractivity contribution in [2.24, 2.45) is 0 Å². The van der Waals surface area contributed by atoms with E-state index in [-0.39, 0.29) is 31.1 Å². The molecule has 0 fully saturated rings. The zero-order chi connectivity index (χ0) is 59.2. The van der Waals surface area contributed by atoms with Gasteiger partial charge in [-0.1, -0.05) is 318 Å². The number of allylic oxidation sites excluding steroid dienone is 12. The highest BCUT2D eigenvalue weighted by atomic mass is 16.6. The molecule has 0 spiro atoms. The maximum atomic E-state index is 12.9. The van der Waals surface area contributed by atoms with Crippen molar-refractivity contribution in [1.82, 2.24) is 0 Å². The van der Waals surface area contributed by atoms with Crippen LogP contribution in [-0.4, -0.2) is 37.2 Å². The molecule has 0 saturated heterocycles. The second-order valence-corrected chi connectivity index (χ2v) is 24.1. The lowest BCUT2D eigenvalue weighted by molar-refractivity contribution is -0.167. The number of hydrogen-bond acceptors (Lipinski definition) is 6. The summed E-state index contributed by atoms with van der Waals surface area (Å²) in [7, 11) is 0. The molecule has 0 aliphatic rings. The van der Waals surface area contributed by atoms with Crippen LogP contribution in [0.25, 0.3) is 0 Å². The second-order valence-electron chi connectivity index (χ2n) is 24.1. The minimum atomic E-state index is -0.787. The first-order valence-corrected chi connectivity index (χ1v) is 35.9. The van der Waals surface area contributed by atoms with Crippen LogP contribution in [0, 0.1) is 0 Å². The Kier molecular flexibility index (Phi) is 67.6. The Morgan fingerprint density at radius 2 is 0.476 bits per heavy atom. The van der Waals surface area contributed by atoms with Crippen LogP contribution in [0.2, 0.25) is 0 Å². The van der Waals surface area contributed by atoms with Crippen molar-refractivity contribution in [3.63, 3.8) is 0 Å². The van der Waals surface area contributed by atoms with E-state index in [9.17, 15) is 14.4 Å². The number of carbonyl (C=O) groups excluding carboxylic acids is 3. The predicted octanol–water partition coefficient (Wildman–Crippen LogP) is 24.8. The first-order chi connectivity index (χ1) is 40.5. The zero-order valence-corrected chi connectivity index (χ0v) is 54.8. The zero-order valence-electron chi connectivity index (χ0n) is 54.8. The number of hydrogen-bond donors (Lipinski definition) is 0. The van der Waals surface area contributed by atoms with Gasteiger partial charge >= 0.3 is 17.9 Å². The third-order valence-electron chi connectivity index (χ3n) is 15.9. The summed E-state index contributed by atoms with van der Waals surface area (Å²) in [6.07, 6.45) is 92.4. The highest BCUT2D eigenvalue weighted by molar-refractivity contribution is 5.71. The highest BCUT2D eigenvalue weighted by Crippen LogP contribution is 2.18. The minimum Gasteiger partial charge on any atom is -0.462 e. The van der Waals surface area contributed by atoms with Crippen LogP contribution in [0.1, 0.15) is 374 Å². The topological polar surface area (TPSA) is 78.9 Å². The van der Waals surface area contributed by atoms with E-state index in [0.717, 1.165) is 103 Å². The lowest BCUT2D eigenvalue weighted by atomic mass is 10.0. The molecule has 82 heavy (non-hydrogen) atoms. The van der Waals surface area contributed by atoms with Crippen LogP contribution in [-0.2, 0) is 28.6 Å². The van der Waals surface area contributed by atoms with Crippen LogP contribution < -0.4 is 0 Å². The second kappa shape index (κ2) is 70.3. The van der Waals surface area contributed by atoms with Gasteiger partial charge in [0.25, 0.3) is 0 Å². The van der Waals surface area contributed by atoms with Gasteiger partial charge in [0, 0.05) is 19.3 Å². The molecule has 0 aromatic heterocycles. The van der Waals surface area contributed by atoms with Gasteiger partial charge in [0.15, 0.2) is 6.10 Å². The van der Waals surface area contributed by atoms with E-state index < -0.39 is 6.10 Å². The Balaban J connectivity index is 4.14. The fourth-order valence-electron chi connectivity index (χ4n) is 10.5. The van der Waals surface area contributed by atoms with Gasteiger partial charge in [0.2, 0.25) is 0 Å². The average Bonchev–Trinajstić information content (AvgIpc) is 3.47. The molecule has 476 valence electrons. The van der Waals surface area contributed by atoms with Gasteiger partial charge in [0.05, 0.1) is 0 Å². The largest absolute Gasteiger partial charge is 0.462 e. The Morgan fingerprint density at radius 3 is 0.780 bits per heavy atom. The van der Waals surface area contributed by atoms with E-state index in [0.29, 0.717) is 19.3 Å². The molecule has 0 aromatic carbocycles. The summed E-state index contributed by atoms with van der Waals surface area (Å²) in [5, 5.41) is 0. The fraction of sp³-hybridized carbons (Fsp3) is 0.803. The van der Waals surface area contributed by atoms with E-state index in [4.69, 9.17) is 14.2 Å². The third kappa shape index (κ3) is 67.6. The molecule has 0 bridgehead atoms. The van der Waals surface area contributed by atoms with Crippen molar-refractivity contribution in [3.8, 4) is 0 Å². The number of esters is 3. The van der Waals surface area contributed by atoms with Crippen LogP contribution in [0.5, 0.6) is 0 Å². The van der Waals surface area contributed by atoms with E-state index in [1.165, 1.54) is 231 Å². The summed E-state index contributed by atoms with van der Waals surface area (Å²) in [4.78, 5) is 38.4. The van der Waals surface area contributed by atoms with Gasteiger partial charge in [-0.25, -0.2) is 0 Å². The summed E-state index contributed by atoms with van der Waals surface area (Å²) in [5.41, 5.74) is 0. The normalized spacial score (nSPS) is 12.5. The molecule has 0 aliphatic heterocycles. The number of ether oxygens (including phenoxy) is 3. The van der Waals surface area contributed by atoms with E-state index in [1.54, 1.807) is 0 Å². The van der Waals surface area contributed by atoms with Crippen LogP contribution in [0.4, 0.5) is 0 Å². The van der Waals surface area contributed by atoms with Crippen molar-refractivity contribution in [2.45, 2.75) is 380 Å². The van der Waals surface area contributed by atoms with E-state index in [1.807, 2.05) is 0 Å². The molecule has 0 saturated carbocycles. The summed E-state index contributed by atoms with van der Waals surface area (Å²) in [5.74, 6) is -0.886. The number of unbranched alkanes of at least 4 members (excludes halogenated alkanes) is 43. The Labute approximate surface area is 510 Å². The minimum absolute atomic E-state index is 0.0809. The quantitative estimate of drug-likeness (QED) is 0.0261. The van der Waals surface area contributed by atoms with Gasteiger partial charge in [-0.15, -0.1) is 0 Å². The number of carbonyl (C=O) groups is 3. The van der Waals surface area contributed by atoms with Crippen LogP contribution in [0.3, 0.4) is 0 Å². The lowest BCUT2D eigenvalue weighted by Crippen LogP contribution is -2.30. The fourth-order valence-corrected chi connectivity index (χ4v) is 10.5. The van der Waals surface area contributed by atoms with E-state index in [2.05, 4.69) is 93.7 Å². The van der Waals surface area contributed by atoms with Gasteiger partial charge in [0.1, 0.15) is 13.2 Å². The molecule has 6 heteroatoms. The monoisotopic (exact) mass is 1150 g/mol. The molecule has 6 nitrogen and oxygen atoms in total. The molecule has 0 aromatic rings. The van der Waals surface area contributed by atoms with E-state index >= 15 is 0 Å². The first kappa shape index (κ1) is 78.8. The summed E-state index contributed by atoms with van der Waals surface area (Å²) in [6, 6.07) is 0. The lowest BCUT2D eigenvalue weighted by Gasteiger charge is -2.18. The van der Waals surface area contributed by atoms with Crippen molar-refractivity contribution in [1.29, 1.82) is 0 Å². The summed E-state index contributed by atoms with van der Waals surface area (Å²) in [6.45, 7) is 6.53. The Bertz CT molecular complexity index is 1500. The summed E-state index contributed by atoms with van der Waals surface area (Å²) >= 11 is 0. The molecule has 0 amide bonds. The Hall–Kier alpha value is -3.15. The average molecular weight is 1150 g/mol. The maximum absolute atomic E-state index is 12.9. The Morgan fingerprint density at radius 1 is 0.256 bits per heavy atom. The first-order valence-electron chi connectivity index (χ1n) is 35.9. The summed E-state index contributed by atoms with van der Waals surface area (Å²) < 4.78 is 16.9. The van der Waals surface area contributed by atoms with Crippen LogP contribution in [0.15, 0.2) is 72.9 Å². The SMILES string of the molecule is CC/C=C\C/C=C\C/C=C\C/C=C\CCCCCCCCC(=O)OC(COC(=O)CCCCCCC/C=C\CCCCC)COC(=O)CCCCCCCCCCCCCCCCCCCCCCC/C=C\CCCCCCCCCC. The molecule has 0 heterocycles. The molecule has 0 radical (unpaired) electrons. The van der Waals surface area contributed by atoms with Gasteiger partial charge < -0.3 is 14.2 Å². The number of rotatable bonds is 66. The maximum Gasteiger partial charge on any atom is 0.306 e. The molecule has 0 aliphatic carbocycles. The molecular formula is C76H136O6. The van der Waals surface area contributed by atoms with Crippen molar-refractivity contribution in [3.05, 3.63) is 72.9 Å². The van der Waals surface area contributed by atoms with Gasteiger partial charge in [-0.2, -0.15) is 0 Å². The highest BCUT2D eigenvalue weighted by Gasteiger charge is 2.19. The predicted molar refractivity (Wildman–Crippen MR) is 358 cm³/mol. The van der Waals surface area contributed by atoms with Crippen molar-refractivity contribution >= 4 is 17.9 Å². The third-order valence-corrected chi connectivity index (χ3v) is 15.9. The van der Waals surface area contributed by atoms with Gasteiger partial charge in [-0.3, -0.25) is 14.4 Å². The molecule has 1 unspecified atom stereocenters. The van der Waals surface area contributed by atoms with Crippen molar-refractivity contribution in [2.75, 3.05) is 13.2 Å². The molecule has 0 rings (SSSR count). The smallest absolute Gasteiger partial charge is 0.306 e.